The fraction of sp³-hybridized carbons (Fsp3) is 0.222. The molecule has 0 saturated heterocycles. The van der Waals surface area contributed by atoms with Crippen LogP contribution in [0.1, 0.15) is 25.7 Å². The van der Waals surface area contributed by atoms with Crippen LogP contribution in [0.15, 0.2) is 64.8 Å². The third-order valence-electron chi connectivity index (χ3n) is 3.71. The Hall–Kier alpha value is -2.69. The Labute approximate surface area is 135 Å². The van der Waals surface area contributed by atoms with Crippen molar-refractivity contribution in [2.24, 2.45) is 10.2 Å². The Bertz CT molecular complexity index is 681. The minimum Gasteiger partial charge on any atom is -0.279 e. The zero-order chi connectivity index (χ0) is 15.9. The van der Waals surface area contributed by atoms with Crippen LogP contribution < -0.4 is 10.9 Å². The molecule has 1 aliphatic carbocycles. The lowest BCUT2D eigenvalue weighted by molar-refractivity contribution is 0.628. The van der Waals surface area contributed by atoms with Gasteiger partial charge in [0.25, 0.3) is 0 Å². The number of hydrogen-bond acceptors (Lipinski definition) is 4. The summed E-state index contributed by atoms with van der Waals surface area (Å²) in [6.45, 7) is 0. The van der Waals surface area contributed by atoms with Gasteiger partial charge in [-0.3, -0.25) is 10.9 Å². The molecule has 1 aliphatic rings. The molecule has 1 saturated carbocycles. The maximum Gasteiger partial charge on any atom is 0.123 e. The first-order valence-electron chi connectivity index (χ1n) is 7.73. The van der Waals surface area contributed by atoms with Crippen molar-refractivity contribution >= 4 is 22.8 Å². The van der Waals surface area contributed by atoms with Crippen molar-refractivity contribution in [3.63, 3.8) is 0 Å². The van der Waals surface area contributed by atoms with Crippen LogP contribution in [0, 0.1) is 5.82 Å². The van der Waals surface area contributed by atoms with Gasteiger partial charge in [0.2, 0.25) is 0 Å². The van der Waals surface area contributed by atoms with E-state index in [0.717, 1.165) is 48.5 Å². The van der Waals surface area contributed by atoms with Gasteiger partial charge < -0.3 is 0 Å². The van der Waals surface area contributed by atoms with Crippen molar-refractivity contribution in [2.45, 2.75) is 25.7 Å². The molecule has 23 heavy (non-hydrogen) atoms. The van der Waals surface area contributed by atoms with Gasteiger partial charge in [-0.2, -0.15) is 10.2 Å². The van der Waals surface area contributed by atoms with Crippen LogP contribution >= 0.6 is 0 Å². The molecule has 3 rings (SSSR count). The van der Waals surface area contributed by atoms with Gasteiger partial charge in [-0.25, -0.2) is 4.39 Å². The molecule has 0 aromatic heterocycles. The summed E-state index contributed by atoms with van der Waals surface area (Å²) < 4.78 is 12.8. The second-order valence-corrected chi connectivity index (χ2v) is 5.45. The Morgan fingerprint density at radius 2 is 1.13 bits per heavy atom. The number of hydrogen-bond donors (Lipinski definition) is 2. The predicted octanol–water partition coefficient (Wildman–Crippen LogP) is 4.64. The smallest absolute Gasteiger partial charge is 0.123 e. The van der Waals surface area contributed by atoms with Gasteiger partial charge in [0.05, 0.1) is 11.4 Å². The van der Waals surface area contributed by atoms with E-state index in [0.29, 0.717) is 0 Å². The normalized spacial score (nSPS) is 14.3. The molecule has 0 heterocycles. The second-order valence-electron chi connectivity index (χ2n) is 5.45. The summed E-state index contributed by atoms with van der Waals surface area (Å²) in [6.07, 6.45) is 3.60. The van der Waals surface area contributed by atoms with E-state index in [2.05, 4.69) is 21.1 Å². The molecule has 0 unspecified atom stereocenters. The van der Waals surface area contributed by atoms with E-state index in [1.165, 1.54) is 12.1 Å². The van der Waals surface area contributed by atoms with Gasteiger partial charge >= 0.3 is 0 Å². The fourth-order valence-electron chi connectivity index (χ4n) is 2.38. The number of nitrogens with zero attached hydrogens (tertiary/aromatic N) is 2. The second kappa shape index (κ2) is 7.54. The third-order valence-corrected chi connectivity index (χ3v) is 3.71. The molecule has 0 radical (unpaired) electrons. The minimum atomic E-state index is -0.243. The molecule has 0 atom stereocenters. The van der Waals surface area contributed by atoms with Crippen LogP contribution in [0.4, 0.5) is 15.8 Å². The summed E-state index contributed by atoms with van der Waals surface area (Å²) in [7, 11) is 0. The van der Waals surface area contributed by atoms with Crippen molar-refractivity contribution in [2.75, 3.05) is 10.9 Å². The molecule has 0 aliphatic heterocycles. The van der Waals surface area contributed by atoms with Gasteiger partial charge in [-0.05, 0) is 62.1 Å². The van der Waals surface area contributed by atoms with E-state index in [9.17, 15) is 4.39 Å². The SMILES string of the molecule is Fc1ccc(NN=C2CCC(=NNc3ccccc3)CC2)cc1. The summed E-state index contributed by atoms with van der Waals surface area (Å²) in [5, 5.41) is 8.87. The molecular weight excluding hydrogens is 291 g/mol. The highest BCUT2D eigenvalue weighted by atomic mass is 19.1. The first-order chi connectivity index (χ1) is 11.3. The molecule has 2 N–H and O–H groups in total. The number of benzene rings is 2. The van der Waals surface area contributed by atoms with Crippen molar-refractivity contribution in [3.05, 3.63) is 60.4 Å². The van der Waals surface area contributed by atoms with Crippen LogP contribution in [0.25, 0.3) is 0 Å². The standard InChI is InChI=1S/C18H19FN4/c19-14-6-8-16(9-7-14)21-23-18-12-10-17(11-13-18)22-20-15-4-2-1-3-5-15/h1-9,20-21H,10-13H2. The average molecular weight is 310 g/mol. The first-order valence-corrected chi connectivity index (χ1v) is 7.73. The van der Waals surface area contributed by atoms with E-state index in [1.807, 2.05) is 30.3 Å². The van der Waals surface area contributed by atoms with Gasteiger partial charge in [-0.1, -0.05) is 18.2 Å². The number of halogens is 1. The predicted molar refractivity (Wildman–Crippen MR) is 93.4 cm³/mol. The lowest BCUT2D eigenvalue weighted by Gasteiger charge is -2.15. The summed E-state index contributed by atoms with van der Waals surface area (Å²) in [6, 6.07) is 16.1. The van der Waals surface area contributed by atoms with E-state index >= 15 is 0 Å². The van der Waals surface area contributed by atoms with E-state index in [4.69, 9.17) is 0 Å². The molecule has 118 valence electrons. The van der Waals surface area contributed by atoms with Crippen molar-refractivity contribution < 1.29 is 4.39 Å². The molecule has 0 bridgehead atoms. The van der Waals surface area contributed by atoms with Gasteiger partial charge in [0.15, 0.2) is 0 Å². The lowest BCUT2D eigenvalue weighted by atomic mass is 9.97. The van der Waals surface area contributed by atoms with Crippen LogP contribution in [0.2, 0.25) is 0 Å². The maximum absolute atomic E-state index is 12.8. The maximum atomic E-state index is 12.8. The largest absolute Gasteiger partial charge is 0.279 e. The topological polar surface area (TPSA) is 48.8 Å². The van der Waals surface area contributed by atoms with Crippen LogP contribution in [0.3, 0.4) is 0 Å². The molecule has 0 amide bonds. The van der Waals surface area contributed by atoms with Crippen molar-refractivity contribution in [1.82, 2.24) is 0 Å². The van der Waals surface area contributed by atoms with E-state index in [1.54, 1.807) is 12.1 Å². The number of anilines is 2. The summed E-state index contributed by atoms with van der Waals surface area (Å²) in [4.78, 5) is 0. The highest BCUT2D eigenvalue weighted by Gasteiger charge is 2.13. The first kappa shape index (κ1) is 15.2. The van der Waals surface area contributed by atoms with Crippen LogP contribution in [0.5, 0.6) is 0 Å². The Morgan fingerprint density at radius 3 is 1.65 bits per heavy atom. The highest BCUT2D eigenvalue weighted by Crippen LogP contribution is 2.16. The molecular formula is C18H19FN4. The molecule has 1 fully saturated rings. The van der Waals surface area contributed by atoms with Crippen molar-refractivity contribution in [1.29, 1.82) is 0 Å². The minimum absolute atomic E-state index is 0.243. The summed E-state index contributed by atoms with van der Waals surface area (Å²) in [5.41, 5.74) is 10.1. The summed E-state index contributed by atoms with van der Waals surface area (Å²) >= 11 is 0. The van der Waals surface area contributed by atoms with E-state index < -0.39 is 0 Å². The number of rotatable bonds is 4. The Kier molecular flexibility index (Phi) is 4.99. The number of hydrazone groups is 2. The van der Waals surface area contributed by atoms with E-state index in [-0.39, 0.29) is 5.82 Å². The quantitative estimate of drug-likeness (QED) is 0.808. The van der Waals surface area contributed by atoms with Crippen LogP contribution in [-0.4, -0.2) is 11.4 Å². The summed E-state index contributed by atoms with van der Waals surface area (Å²) in [5.74, 6) is -0.243. The highest BCUT2D eigenvalue weighted by molar-refractivity contribution is 5.98. The fourth-order valence-corrected chi connectivity index (χ4v) is 2.38. The van der Waals surface area contributed by atoms with Crippen molar-refractivity contribution in [3.8, 4) is 0 Å². The molecule has 4 nitrogen and oxygen atoms in total. The molecule has 2 aromatic rings. The monoisotopic (exact) mass is 310 g/mol. The zero-order valence-corrected chi connectivity index (χ0v) is 12.8. The van der Waals surface area contributed by atoms with Gasteiger partial charge in [-0.15, -0.1) is 0 Å². The zero-order valence-electron chi connectivity index (χ0n) is 12.8. The lowest BCUT2D eigenvalue weighted by Crippen LogP contribution is -2.16. The number of para-hydroxylation sites is 1. The molecule has 5 heteroatoms. The van der Waals surface area contributed by atoms with Gasteiger partial charge in [0, 0.05) is 11.4 Å². The Morgan fingerprint density at radius 1 is 0.652 bits per heavy atom. The molecule has 2 aromatic carbocycles. The number of nitrogens with one attached hydrogen (secondary N) is 2. The van der Waals surface area contributed by atoms with Crippen LogP contribution in [-0.2, 0) is 0 Å². The Balaban J connectivity index is 1.49. The third kappa shape index (κ3) is 4.64. The van der Waals surface area contributed by atoms with Gasteiger partial charge in [0.1, 0.15) is 5.82 Å². The average Bonchev–Trinajstić information content (AvgIpc) is 2.61. The molecule has 0 spiro atoms.